The first-order valence-corrected chi connectivity index (χ1v) is 5.56. The summed E-state index contributed by atoms with van der Waals surface area (Å²) in [5.74, 6) is 0.0914. The molecule has 1 aromatic carbocycles. The number of para-hydroxylation sites is 1. The van der Waals surface area contributed by atoms with Crippen LogP contribution in [0.25, 0.3) is 0 Å². The van der Waals surface area contributed by atoms with E-state index in [2.05, 4.69) is 15.4 Å². The van der Waals surface area contributed by atoms with Crippen molar-refractivity contribution >= 4 is 11.8 Å². The van der Waals surface area contributed by atoms with Gasteiger partial charge in [0.1, 0.15) is 19.0 Å². The monoisotopic (exact) mass is 257 g/mol. The highest BCUT2D eigenvalue weighted by atomic mass is 16.5. The molecular formula is C12H11N5O2. The molecular weight excluding hydrogens is 246 g/mol. The van der Waals surface area contributed by atoms with Crippen LogP contribution in [0, 0.1) is 11.3 Å². The molecule has 0 unspecified atom stereocenters. The number of carbonyl (C=O) groups is 1. The Hall–Kier alpha value is -2.88. The Kier molecular flexibility index (Phi) is 4.08. The fourth-order valence-corrected chi connectivity index (χ4v) is 1.36. The summed E-state index contributed by atoms with van der Waals surface area (Å²) in [4.78, 5) is 15.2. The third kappa shape index (κ3) is 3.81. The number of anilines is 1. The first-order chi connectivity index (χ1) is 9.28. The molecule has 1 amide bonds. The molecule has 0 saturated carbocycles. The predicted octanol–water partition coefficient (Wildman–Crippen LogP) is 1.40. The number of hydrogen-bond acceptors (Lipinski definition) is 5. The Labute approximate surface area is 109 Å². The van der Waals surface area contributed by atoms with Gasteiger partial charge in [-0.2, -0.15) is 5.26 Å². The molecule has 19 heavy (non-hydrogen) atoms. The molecule has 7 nitrogen and oxygen atoms in total. The third-order valence-electron chi connectivity index (χ3n) is 2.21. The Balaban J connectivity index is 1.74. The van der Waals surface area contributed by atoms with Crippen LogP contribution < -0.4 is 5.32 Å². The van der Waals surface area contributed by atoms with Gasteiger partial charge in [0.05, 0.1) is 6.54 Å². The lowest BCUT2D eigenvalue weighted by molar-refractivity contribution is 0.155. The molecule has 2 aromatic rings. The molecule has 0 aliphatic heterocycles. The second-order valence-electron chi connectivity index (χ2n) is 3.57. The predicted molar refractivity (Wildman–Crippen MR) is 66.1 cm³/mol. The molecule has 0 aliphatic rings. The van der Waals surface area contributed by atoms with Gasteiger partial charge in [-0.3, -0.25) is 5.32 Å². The Morgan fingerprint density at radius 2 is 2.21 bits per heavy atom. The van der Waals surface area contributed by atoms with Gasteiger partial charge in [-0.05, 0) is 12.1 Å². The van der Waals surface area contributed by atoms with E-state index in [0.29, 0.717) is 12.2 Å². The summed E-state index contributed by atoms with van der Waals surface area (Å²) in [6, 6.07) is 10.8. The number of ether oxygens (including phenoxy) is 1. The lowest BCUT2D eigenvalue weighted by Gasteiger charge is -2.06. The summed E-state index contributed by atoms with van der Waals surface area (Å²) in [7, 11) is 0. The van der Waals surface area contributed by atoms with Crippen LogP contribution in [-0.2, 0) is 11.3 Å². The van der Waals surface area contributed by atoms with Crippen LogP contribution in [0.5, 0.6) is 0 Å². The number of aromatic nitrogens is 3. The van der Waals surface area contributed by atoms with Gasteiger partial charge in [-0.1, -0.05) is 18.2 Å². The molecule has 0 bridgehead atoms. The van der Waals surface area contributed by atoms with Gasteiger partial charge < -0.3 is 4.74 Å². The minimum Gasteiger partial charge on any atom is -0.447 e. The minimum absolute atomic E-state index is 0.0914. The van der Waals surface area contributed by atoms with Crippen LogP contribution in [0.3, 0.4) is 0 Å². The van der Waals surface area contributed by atoms with Gasteiger partial charge >= 0.3 is 6.09 Å². The number of carbonyl (C=O) groups excluding carboxylic acids is 1. The maximum Gasteiger partial charge on any atom is 0.411 e. The van der Waals surface area contributed by atoms with Crippen molar-refractivity contribution in [3.8, 4) is 6.07 Å². The van der Waals surface area contributed by atoms with Crippen LogP contribution in [-0.4, -0.2) is 27.5 Å². The van der Waals surface area contributed by atoms with E-state index in [0.717, 1.165) is 0 Å². The van der Waals surface area contributed by atoms with Gasteiger partial charge in [-0.15, -0.1) is 5.10 Å². The van der Waals surface area contributed by atoms with Crippen molar-refractivity contribution in [2.24, 2.45) is 0 Å². The number of hydrogen-bond donors (Lipinski definition) is 1. The maximum absolute atomic E-state index is 11.4. The number of benzene rings is 1. The summed E-state index contributed by atoms with van der Waals surface area (Å²) in [5, 5.41) is 15.0. The number of rotatable bonds is 4. The van der Waals surface area contributed by atoms with E-state index in [1.54, 1.807) is 12.1 Å². The Morgan fingerprint density at radius 3 is 2.89 bits per heavy atom. The second kappa shape index (κ2) is 6.16. The van der Waals surface area contributed by atoms with E-state index >= 15 is 0 Å². The molecule has 0 saturated heterocycles. The molecule has 0 spiro atoms. The van der Waals surface area contributed by atoms with Gasteiger partial charge in [0.2, 0.25) is 0 Å². The van der Waals surface area contributed by atoms with Gasteiger partial charge in [0, 0.05) is 5.69 Å². The summed E-state index contributed by atoms with van der Waals surface area (Å²) < 4.78 is 6.41. The van der Waals surface area contributed by atoms with E-state index in [4.69, 9.17) is 10.00 Å². The van der Waals surface area contributed by atoms with Crippen LogP contribution >= 0.6 is 0 Å². The quantitative estimate of drug-likeness (QED) is 0.893. The van der Waals surface area contributed by atoms with E-state index in [9.17, 15) is 4.79 Å². The molecule has 1 N–H and O–H groups in total. The smallest absolute Gasteiger partial charge is 0.411 e. The van der Waals surface area contributed by atoms with Crippen molar-refractivity contribution in [1.82, 2.24) is 14.8 Å². The zero-order valence-electron chi connectivity index (χ0n) is 9.98. The molecule has 0 atom stereocenters. The minimum atomic E-state index is -0.535. The van der Waals surface area contributed by atoms with Crippen LogP contribution in [0.1, 0.15) is 5.82 Å². The number of amides is 1. The van der Waals surface area contributed by atoms with E-state index < -0.39 is 6.09 Å². The largest absolute Gasteiger partial charge is 0.447 e. The lowest BCUT2D eigenvalue weighted by atomic mass is 10.3. The van der Waals surface area contributed by atoms with E-state index in [1.165, 1.54) is 11.0 Å². The molecule has 2 rings (SSSR count). The van der Waals surface area contributed by atoms with Gasteiger partial charge in [0.15, 0.2) is 0 Å². The average Bonchev–Trinajstić information content (AvgIpc) is 2.88. The van der Waals surface area contributed by atoms with Crippen LogP contribution in [0.4, 0.5) is 10.5 Å². The summed E-state index contributed by atoms with van der Waals surface area (Å²) >= 11 is 0. The number of nitriles is 1. The highest BCUT2D eigenvalue weighted by Crippen LogP contribution is 2.05. The molecule has 7 heteroatoms. The third-order valence-corrected chi connectivity index (χ3v) is 2.21. The number of nitrogens with zero attached hydrogens (tertiary/aromatic N) is 4. The van der Waals surface area contributed by atoms with E-state index in [1.807, 2.05) is 24.3 Å². The summed E-state index contributed by atoms with van der Waals surface area (Å²) in [6.45, 7) is 0.490. The van der Waals surface area contributed by atoms with Crippen LogP contribution in [0.2, 0.25) is 0 Å². The molecule has 0 radical (unpaired) electrons. The Morgan fingerprint density at radius 1 is 1.42 bits per heavy atom. The topological polar surface area (TPSA) is 92.8 Å². The SMILES string of the molecule is N#Cc1ncn(CCOC(=O)Nc2ccccc2)n1. The fraction of sp³-hybridized carbons (Fsp3) is 0.167. The molecule has 0 aliphatic carbocycles. The normalized spacial score (nSPS) is 9.63. The van der Waals surface area contributed by atoms with Crippen molar-refractivity contribution in [3.63, 3.8) is 0 Å². The van der Waals surface area contributed by atoms with Crippen molar-refractivity contribution < 1.29 is 9.53 Å². The molecule has 1 aromatic heterocycles. The fourth-order valence-electron chi connectivity index (χ4n) is 1.36. The lowest BCUT2D eigenvalue weighted by Crippen LogP contribution is -2.17. The highest BCUT2D eigenvalue weighted by molar-refractivity contribution is 5.84. The number of nitrogens with one attached hydrogen (secondary N) is 1. The van der Waals surface area contributed by atoms with Gasteiger partial charge in [-0.25, -0.2) is 14.5 Å². The van der Waals surface area contributed by atoms with Crippen molar-refractivity contribution in [2.75, 3.05) is 11.9 Å². The van der Waals surface area contributed by atoms with Crippen molar-refractivity contribution in [1.29, 1.82) is 5.26 Å². The Bertz CT molecular complexity index is 588. The average molecular weight is 257 g/mol. The zero-order valence-corrected chi connectivity index (χ0v) is 9.98. The van der Waals surface area contributed by atoms with E-state index in [-0.39, 0.29) is 12.4 Å². The van der Waals surface area contributed by atoms with Crippen molar-refractivity contribution in [2.45, 2.75) is 6.54 Å². The summed E-state index contributed by atoms with van der Waals surface area (Å²) in [6.07, 6.45) is 0.878. The first-order valence-electron chi connectivity index (χ1n) is 5.56. The second-order valence-corrected chi connectivity index (χ2v) is 3.57. The molecule has 1 heterocycles. The first kappa shape index (κ1) is 12.6. The molecule has 0 fully saturated rings. The summed E-state index contributed by atoms with van der Waals surface area (Å²) in [5.41, 5.74) is 0.667. The van der Waals surface area contributed by atoms with Crippen LogP contribution in [0.15, 0.2) is 36.7 Å². The highest BCUT2D eigenvalue weighted by Gasteiger charge is 2.03. The van der Waals surface area contributed by atoms with Crippen molar-refractivity contribution in [3.05, 3.63) is 42.5 Å². The van der Waals surface area contributed by atoms with Gasteiger partial charge in [0.25, 0.3) is 5.82 Å². The standard InChI is InChI=1S/C12H11N5O2/c13-8-11-14-9-17(16-11)6-7-19-12(18)15-10-4-2-1-3-5-10/h1-5,9H,6-7H2,(H,15,18). The molecule has 96 valence electrons. The zero-order chi connectivity index (χ0) is 13.5. The maximum atomic E-state index is 11.4.